The van der Waals surface area contributed by atoms with Gasteiger partial charge in [-0.25, -0.2) is 4.39 Å². The van der Waals surface area contributed by atoms with Crippen LogP contribution in [-0.2, 0) is 0 Å². The minimum Gasteiger partial charge on any atom is -0.206 e. The van der Waals surface area contributed by atoms with Gasteiger partial charge >= 0.3 is 0 Å². The van der Waals surface area contributed by atoms with Crippen molar-refractivity contribution >= 4 is 0 Å². The van der Waals surface area contributed by atoms with Gasteiger partial charge < -0.3 is 0 Å². The van der Waals surface area contributed by atoms with E-state index in [4.69, 9.17) is 6.42 Å². The van der Waals surface area contributed by atoms with Gasteiger partial charge in [0.25, 0.3) is 0 Å². The minimum absolute atomic E-state index is 0.262. The fourth-order valence-corrected chi connectivity index (χ4v) is 1.88. The predicted molar refractivity (Wildman–Crippen MR) is 74.1 cm³/mol. The highest BCUT2D eigenvalue weighted by Crippen LogP contribution is 2.30. The highest BCUT2D eigenvalue weighted by atomic mass is 19.1. The van der Waals surface area contributed by atoms with Gasteiger partial charge in [-0.3, -0.25) is 0 Å². The Bertz CT molecular complexity index is 411. The second-order valence-corrected chi connectivity index (χ2v) is 4.26. The zero-order valence-electron chi connectivity index (χ0n) is 11.2. The monoisotopic (exact) mass is 232 g/mol. The summed E-state index contributed by atoms with van der Waals surface area (Å²) in [4.78, 5) is 0. The van der Waals surface area contributed by atoms with E-state index >= 15 is 0 Å². The van der Waals surface area contributed by atoms with Gasteiger partial charge in [0.05, 0.1) is 5.57 Å². The molecule has 0 atom stereocenters. The lowest BCUT2D eigenvalue weighted by Crippen LogP contribution is -2.03. The molecule has 0 aliphatic rings. The standard InChI is InChI=1S/C16H21F/c1-8-13(11(4)5)16(12(6)7)14(9-2)15(17)10-3/h2,10-11H,3,6,8H2,1,4-5,7H3/b15-14+,16-13-. The van der Waals surface area contributed by atoms with Crippen LogP contribution in [0.15, 0.2) is 47.4 Å². The number of halogens is 1. The molecule has 0 N–H and O–H groups in total. The quantitative estimate of drug-likeness (QED) is 0.464. The smallest absolute Gasteiger partial charge is 0.138 e. The Kier molecular flexibility index (Phi) is 6.28. The maximum atomic E-state index is 13.7. The maximum Gasteiger partial charge on any atom is 0.138 e. The van der Waals surface area contributed by atoms with Gasteiger partial charge in [-0.1, -0.05) is 45.4 Å². The summed E-state index contributed by atoms with van der Waals surface area (Å²) in [5.74, 6) is 2.27. The van der Waals surface area contributed by atoms with Gasteiger partial charge in [0, 0.05) is 0 Å². The molecule has 1 heteroatoms. The van der Waals surface area contributed by atoms with Crippen LogP contribution in [0.2, 0.25) is 0 Å². The third-order valence-electron chi connectivity index (χ3n) is 2.64. The van der Waals surface area contributed by atoms with E-state index in [-0.39, 0.29) is 5.57 Å². The second-order valence-electron chi connectivity index (χ2n) is 4.26. The van der Waals surface area contributed by atoms with Crippen LogP contribution in [0.4, 0.5) is 4.39 Å². The molecule has 0 saturated carbocycles. The first kappa shape index (κ1) is 15.4. The fraction of sp³-hybridized carbons (Fsp3) is 0.375. The van der Waals surface area contributed by atoms with E-state index in [0.29, 0.717) is 5.92 Å². The summed E-state index contributed by atoms with van der Waals surface area (Å²) in [6, 6.07) is 0. The molecular weight excluding hydrogens is 211 g/mol. The Morgan fingerprint density at radius 3 is 2.24 bits per heavy atom. The zero-order chi connectivity index (χ0) is 13.6. The van der Waals surface area contributed by atoms with Crippen LogP contribution < -0.4 is 0 Å². The van der Waals surface area contributed by atoms with Crippen molar-refractivity contribution in [1.82, 2.24) is 0 Å². The fourth-order valence-electron chi connectivity index (χ4n) is 1.88. The van der Waals surface area contributed by atoms with Gasteiger partial charge in [0.2, 0.25) is 0 Å². The highest BCUT2D eigenvalue weighted by molar-refractivity contribution is 5.58. The molecule has 17 heavy (non-hydrogen) atoms. The van der Waals surface area contributed by atoms with E-state index in [1.54, 1.807) is 0 Å². The van der Waals surface area contributed by atoms with Crippen molar-refractivity contribution < 1.29 is 4.39 Å². The molecule has 0 unspecified atom stereocenters. The number of allylic oxidation sites excluding steroid dienone is 6. The van der Waals surface area contributed by atoms with Crippen molar-refractivity contribution in [2.45, 2.75) is 34.1 Å². The summed E-state index contributed by atoms with van der Waals surface area (Å²) in [5.41, 5.74) is 2.95. The average molecular weight is 232 g/mol. The summed E-state index contributed by atoms with van der Waals surface area (Å²) in [6.07, 6.45) is 7.38. The first-order valence-electron chi connectivity index (χ1n) is 5.78. The lowest BCUT2D eigenvalue weighted by molar-refractivity contribution is 0.658. The van der Waals surface area contributed by atoms with Crippen LogP contribution in [0.25, 0.3) is 0 Å². The van der Waals surface area contributed by atoms with Gasteiger partial charge in [-0.15, -0.1) is 6.42 Å². The molecule has 0 aliphatic carbocycles. The topological polar surface area (TPSA) is 0 Å². The highest BCUT2D eigenvalue weighted by Gasteiger charge is 2.15. The third kappa shape index (κ3) is 3.75. The number of hydrogen-bond donors (Lipinski definition) is 0. The molecule has 0 aromatic carbocycles. The molecule has 0 amide bonds. The Hall–Kier alpha value is -1.55. The molecule has 0 heterocycles. The van der Waals surface area contributed by atoms with Crippen LogP contribution in [-0.4, -0.2) is 0 Å². The minimum atomic E-state index is -0.461. The predicted octanol–water partition coefficient (Wildman–Crippen LogP) is 4.97. The Morgan fingerprint density at radius 1 is 1.47 bits per heavy atom. The molecule has 0 fully saturated rings. The first-order chi connectivity index (χ1) is 7.90. The molecule has 0 nitrogen and oxygen atoms in total. The Labute approximate surface area is 105 Å². The second kappa shape index (κ2) is 6.91. The van der Waals surface area contributed by atoms with Crippen molar-refractivity contribution in [3.63, 3.8) is 0 Å². The van der Waals surface area contributed by atoms with Crippen molar-refractivity contribution in [2.75, 3.05) is 0 Å². The largest absolute Gasteiger partial charge is 0.206 e. The van der Waals surface area contributed by atoms with Gasteiger partial charge in [0.15, 0.2) is 0 Å². The van der Waals surface area contributed by atoms with E-state index in [0.717, 1.165) is 29.2 Å². The van der Waals surface area contributed by atoms with Gasteiger partial charge in [-0.05, 0) is 36.5 Å². The van der Waals surface area contributed by atoms with Gasteiger partial charge in [0.1, 0.15) is 5.83 Å². The molecule has 0 aromatic heterocycles. The van der Waals surface area contributed by atoms with E-state index < -0.39 is 5.83 Å². The average Bonchev–Trinajstić information content (AvgIpc) is 2.27. The lowest BCUT2D eigenvalue weighted by atomic mass is 9.87. The molecule has 92 valence electrons. The van der Waals surface area contributed by atoms with Gasteiger partial charge in [-0.2, -0.15) is 0 Å². The third-order valence-corrected chi connectivity index (χ3v) is 2.64. The molecule has 0 aromatic rings. The Balaban J connectivity index is 6.12. The van der Waals surface area contributed by atoms with Crippen LogP contribution in [0.5, 0.6) is 0 Å². The molecule has 0 rings (SSSR count). The summed E-state index contributed by atoms with van der Waals surface area (Å²) in [6.45, 7) is 15.4. The van der Waals surface area contributed by atoms with Crippen molar-refractivity contribution in [2.24, 2.45) is 5.92 Å². The molecular formula is C16H21F. The summed E-state index contributed by atoms with van der Waals surface area (Å²) in [5, 5.41) is 0. The van der Waals surface area contributed by atoms with E-state index in [2.05, 4.69) is 32.9 Å². The SMILES string of the molecule is C#CC(/C(C(=C)C)=C(/CC)C(C)C)=C(\F)C=C. The summed E-state index contributed by atoms with van der Waals surface area (Å²) in [7, 11) is 0. The normalized spacial score (nSPS) is 13.7. The number of terminal acetylenes is 1. The number of rotatable bonds is 5. The van der Waals surface area contributed by atoms with E-state index in [9.17, 15) is 4.39 Å². The Morgan fingerprint density at radius 2 is 2.00 bits per heavy atom. The lowest BCUT2D eigenvalue weighted by Gasteiger charge is -2.18. The molecule has 0 bridgehead atoms. The summed E-state index contributed by atoms with van der Waals surface area (Å²) >= 11 is 0. The van der Waals surface area contributed by atoms with Crippen LogP contribution in [0.1, 0.15) is 34.1 Å². The molecule has 0 radical (unpaired) electrons. The summed E-state index contributed by atoms with van der Waals surface area (Å²) < 4.78 is 13.7. The molecule has 0 spiro atoms. The van der Waals surface area contributed by atoms with Crippen molar-refractivity contribution in [3.05, 3.63) is 47.4 Å². The molecule has 0 aliphatic heterocycles. The van der Waals surface area contributed by atoms with Crippen molar-refractivity contribution in [1.29, 1.82) is 0 Å². The first-order valence-corrected chi connectivity index (χ1v) is 5.78. The van der Waals surface area contributed by atoms with Crippen LogP contribution in [0, 0.1) is 18.3 Å². The van der Waals surface area contributed by atoms with Crippen LogP contribution >= 0.6 is 0 Å². The van der Waals surface area contributed by atoms with Crippen molar-refractivity contribution in [3.8, 4) is 12.3 Å². The maximum absolute atomic E-state index is 13.7. The zero-order valence-corrected chi connectivity index (χ0v) is 11.2. The van der Waals surface area contributed by atoms with Crippen LogP contribution in [0.3, 0.4) is 0 Å². The van der Waals surface area contributed by atoms with E-state index in [1.165, 1.54) is 0 Å². The number of hydrogen-bond acceptors (Lipinski definition) is 0. The molecule has 0 saturated heterocycles. The van der Waals surface area contributed by atoms with E-state index in [1.807, 2.05) is 13.8 Å².